The summed E-state index contributed by atoms with van der Waals surface area (Å²) < 4.78 is 17.0. The minimum absolute atomic E-state index is 0.0379. The van der Waals surface area contributed by atoms with E-state index in [1.165, 1.54) is 5.57 Å². The second kappa shape index (κ2) is 4.30. The Morgan fingerprint density at radius 1 is 0.950 bits per heavy atom. The van der Waals surface area contributed by atoms with Crippen LogP contribution in [0.3, 0.4) is 0 Å². The van der Waals surface area contributed by atoms with Gasteiger partial charge in [-0.25, -0.2) is 0 Å². The van der Waals surface area contributed by atoms with Gasteiger partial charge in [-0.3, -0.25) is 0 Å². The average Bonchev–Trinajstić information content (AvgIpc) is 2.92. The lowest BCUT2D eigenvalue weighted by atomic mass is 9.97. The maximum atomic E-state index is 6.15. The molecule has 2 aromatic carbocycles. The molecule has 1 atom stereocenters. The zero-order chi connectivity index (χ0) is 13.5. The fraction of sp³-hybridized carbons (Fsp3) is 0.176. The highest BCUT2D eigenvalue weighted by atomic mass is 16.7. The molecule has 1 unspecified atom stereocenters. The Morgan fingerprint density at radius 2 is 1.70 bits per heavy atom. The topological polar surface area (TPSA) is 27.7 Å². The van der Waals surface area contributed by atoms with Gasteiger partial charge in [0, 0.05) is 11.6 Å². The molecule has 0 spiro atoms. The third kappa shape index (κ3) is 1.74. The summed E-state index contributed by atoms with van der Waals surface area (Å²) in [7, 11) is 0. The van der Waals surface area contributed by atoms with Crippen LogP contribution in [0.4, 0.5) is 0 Å². The predicted molar refractivity (Wildman–Crippen MR) is 76.0 cm³/mol. The molecule has 2 aliphatic rings. The van der Waals surface area contributed by atoms with Gasteiger partial charge in [0.15, 0.2) is 11.5 Å². The highest BCUT2D eigenvalue weighted by Crippen LogP contribution is 2.44. The Bertz CT molecular complexity index is 689. The molecule has 0 bridgehead atoms. The molecule has 20 heavy (non-hydrogen) atoms. The predicted octanol–water partition coefficient (Wildman–Crippen LogP) is 3.95. The van der Waals surface area contributed by atoms with E-state index in [9.17, 15) is 0 Å². The molecule has 2 aliphatic heterocycles. The summed E-state index contributed by atoms with van der Waals surface area (Å²) in [6.45, 7) is 2.37. The number of ether oxygens (including phenoxy) is 3. The summed E-state index contributed by atoms with van der Waals surface area (Å²) in [6, 6.07) is 14.1. The lowest BCUT2D eigenvalue weighted by Crippen LogP contribution is -2.13. The van der Waals surface area contributed by atoms with Crippen molar-refractivity contribution in [1.82, 2.24) is 0 Å². The van der Waals surface area contributed by atoms with E-state index in [-0.39, 0.29) is 12.9 Å². The molecule has 0 saturated carbocycles. The monoisotopic (exact) mass is 266 g/mol. The molecule has 0 amide bonds. The van der Waals surface area contributed by atoms with Crippen LogP contribution in [0.15, 0.2) is 48.0 Å². The first-order valence-corrected chi connectivity index (χ1v) is 6.65. The van der Waals surface area contributed by atoms with Crippen molar-refractivity contribution in [2.45, 2.75) is 13.0 Å². The van der Waals surface area contributed by atoms with Gasteiger partial charge in [-0.1, -0.05) is 30.3 Å². The summed E-state index contributed by atoms with van der Waals surface area (Å²) in [6.07, 6.45) is 2.11. The molecule has 3 nitrogen and oxygen atoms in total. The largest absolute Gasteiger partial charge is 0.481 e. The molecule has 0 N–H and O–H groups in total. The van der Waals surface area contributed by atoms with Crippen molar-refractivity contribution >= 4 is 6.08 Å². The maximum absolute atomic E-state index is 6.15. The van der Waals surface area contributed by atoms with E-state index in [0.717, 1.165) is 28.4 Å². The third-order valence-electron chi connectivity index (χ3n) is 3.65. The van der Waals surface area contributed by atoms with Crippen LogP contribution in [0.2, 0.25) is 0 Å². The molecule has 0 aromatic heterocycles. The summed E-state index contributed by atoms with van der Waals surface area (Å²) >= 11 is 0. The van der Waals surface area contributed by atoms with E-state index >= 15 is 0 Å². The molecular formula is C17H14O3. The maximum Gasteiger partial charge on any atom is 0.231 e. The fourth-order valence-corrected chi connectivity index (χ4v) is 2.65. The average molecular weight is 266 g/mol. The third-order valence-corrected chi connectivity index (χ3v) is 3.65. The van der Waals surface area contributed by atoms with Crippen LogP contribution in [0, 0.1) is 0 Å². The van der Waals surface area contributed by atoms with E-state index in [2.05, 4.69) is 25.1 Å². The Hall–Kier alpha value is -2.42. The van der Waals surface area contributed by atoms with Crippen molar-refractivity contribution in [2.75, 3.05) is 6.79 Å². The summed E-state index contributed by atoms with van der Waals surface area (Å²) in [5.41, 5.74) is 3.38. The van der Waals surface area contributed by atoms with Crippen molar-refractivity contribution in [3.05, 3.63) is 59.2 Å². The highest BCUT2D eigenvalue weighted by molar-refractivity contribution is 5.68. The van der Waals surface area contributed by atoms with Gasteiger partial charge in [0.05, 0.1) is 0 Å². The van der Waals surface area contributed by atoms with Crippen molar-refractivity contribution in [2.24, 2.45) is 0 Å². The van der Waals surface area contributed by atoms with E-state index in [1.807, 2.05) is 30.3 Å². The van der Waals surface area contributed by atoms with Crippen LogP contribution in [0.5, 0.6) is 17.2 Å². The van der Waals surface area contributed by atoms with Gasteiger partial charge in [-0.15, -0.1) is 0 Å². The van der Waals surface area contributed by atoms with E-state index in [0.29, 0.717) is 0 Å². The van der Waals surface area contributed by atoms with Crippen LogP contribution < -0.4 is 14.2 Å². The first-order chi connectivity index (χ1) is 9.81. The molecule has 2 heterocycles. The van der Waals surface area contributed by atoms with Crippen LogP contribution in [0.25, 0.3) is 6.08 Å². The fourth-order valence-electron chi connectivity index (χ4n) is 2.65. The van der Waals surface area contributed by atoms with Gasteiger partial charge in [-0.2, -0.15) is 0 Å². The lowest BCUT2D eigenvalue weighted by Gasteiger charge is -2.26. The Labute approximate surface area is 117 Å². The number of hydrogen-bond donors (Lipinski definition) is 0. The zero-order valence-corrected chi connectivity index (χ0v) is 11.1. The first-order valence-electron chi connectivity index (χ1n) is 6.65. The van der Waals surface area contributed by atoms with Gasteiger partial charge in [-0.05, 0) is 30.2 Å². The minimum Gasteiger partial charge on any atom is -0.481 e. The van der Waals surface area contributed by atoms with Crippen molar-refractivity contribution in [3.8, 4) is 17.2 Å². The van der Waals surface area contributed by atoms with Crippen LogP contribution in [0.1, 0.15) is 24.2 Å². The molecule has 0 fully saturated rings. The molecule has 100 valence electrons. The van der Waals surface area contributed by atoms with E-state index in [1.54, 1.807) is 0 Å². The zero-order valence-electron chi connectivity index (χ0n) is 11.1. The van der Waals surface area contributed by atoms with E-state index < -0.39 is 0 Å². The molecule has 2 aromatic rings. The quantitative estimate of drug-likeness (QED) is 0.782. The molecule has 0 radical (unpaired) electrons. The van der Waals surface area contributed by atoms with Crippen molar-refractivity contribution in [3.63, 3.8) is 0 Å². The normalized spacial score (nSPS) is 19.1. The number of benzene rings is 2. The molecular weight excluding hydrogens is 252 g/mol. The van der Waals surface area contributed by atoms with Crippen LogP contribution in [-0.2, 0) is 0 Å². The summed E-state index contributed by atoms with van der Waals surface area (Å²) in [5.74, 6) is 2.38. The molecule has 4 rings (SSSR count). The molecule has 0 aliphatic carbocycles. The van der Waals surface area contributed by atoms with Gasteiger partial charge in [0.1, 0.15) is 11.9 Å². The van der Waals surface area contributed by atoms with E-state index in [4.69, 9.17) is 14.2 Å². The molecule has 3 heteroatoms. The van der Waals surface area contributed by atoms with Gasteiger partial charge in [0.25, 0.3) is 0 Å². The Kier molecular flexibility index (Phi) is 2.46. The minimum atomic E-state index is -0.0379. The second-order valence-electron chi connectivity index (χ2n) is 5.04. The van der Waals surface area contributed by atoms with Gasteiger partial charge in [0.2, 0.25) is 6.79 Å². The second-order valence-corrected chi connectivity index (χ2v) is 5.04. The number of rotatable bonds is 1. The van der Waals surface area contributed by atoms with Gasteiger partial charge < -0.3 is 14.2 Å². The summed E-state index contributed by atoms with van der Waals surface area (Å²) in [4.78, 5) is 0. The Balaban J connectivity index is 1.77. The molecule has 0 saturated heterocycles. The summed E-state index contributed by atoms with van der Waals surface area (Å²) in [5, 5.41) is 0. The smallest absolute Gasteiger partial charge is 0.231 e. The number of fused-ring (bicyclic) bond motifs is 2. The first kappa shape index (κ1) is 11.4. The standard InChI is InChI=1S/C17H14O3/c1-11-7-13-8-15-16(19-10-18-15)9-14(13)20-17(11)12-5-3-2-4-6-12/h2-9,17H,10H2,1H3. The SMILES string of the molecule is CC1=Cc2cc3c(cc2OC1c1ccccc1)OCO3. The van der Waals surface area contributed by atoms with Gasteiger partial charge >= 0.3 is 0 Å². The van der Waals surface area contributed by atoms with Crippen LogP contribution >= 0.6 is 0 Å². The van der Waals surface area contributed by atoms with Crippen LogP contribution in [-0.4, -0.2) is 6.79 Å². The Morgan fingerprint density at radius 3 is 2.50 bits per heavy atom. The van der Waals surface area contributed by atoms with Crippen molar-refractivity contribution < 1.29 is 14.2 Å². The highest BCUT2D eigenvalue weighted by Gasteiger charge is 2.25. The lowest BCUT2D eigenvalue weighted by molar-refractivity contribution is 0.173. The number of hydrogen-bond acceptors (Lipinski definition) is 3. The van der Waals surface area contributed by atoms with Crippen molar-refractivity contribution in [1.29, 1.82) is 0 Å².